The van der Waals surface area contributed by atoms with Crippen LogP contribution in [0.5, 0.6) is 0 Å². The van der Waals surface area contributed by atoms with Crippen molar-refractivity contribution < 1.29 is 24.3 Å². The molecule has 0 atom stereocenters. The molecule has 297 valence electrons. The quantitative estimate of drug-likeness (QED) is 0.0611. The van der Waals surface area contributed by atoms with Crippen molar-refractivity contribution in [2.24, 2.45) is 0 Å². The Morgan fingerprint density at radius 2 is 0.267 bits per heavy atom. The second kappa shape index (κ2) is 25.9. The summed E-state index contributed by atoms with van der Waals surface area (Å²) in [5.74, 6) is 0. The van der Waals surface area contributed by atoms with E-state index in [4.69, 9.17) is 4.79 Å². The van der Waals surface area contributed by atoms with Crippen LogP contribution in [0.2, 0.25) is 0 Å². The molecule has 0 unspecified atom stereocenters. The molecule has 5 heteroatoms. The second-order valence-electron chi connectivity index (χ2n) is 13.0. The summed E-state index contributed by atoms with van der Waals surface area (Å²) in [5, 5.41) is 12.6. The SMILES string of the molecule is [CH-]=O.[Rh].c1ccc(P(c2ccccc2)c2ccccc2)cc1.c1ccc(P(c2ccccc2)c2ccccc2)cc1.c1ccc(P(c2ccccc2)c2ccccc2)cc1. The summed E-state index contributed by atoms with van der Waals surface area (Å²) >= 11 is 0. The first-order valence-electron chi connectivity index (χ1n) is 19.4. The van der Waals surface area contributed by atoms with Gasteiger partial charge in [-0.3, -0.25) is 6.79 Å². The Hall–Kier alpha value is -5.44. The largest absolute Gasteiger partial charge is 0.545 e. The molecule has 0 fully saturated rings. The van der Waals surface area contributed by atoms with Crippen molar-refractivity contribution >= 4 is 78.3 Å². The first-order valence-corrected chi connectivity index (χ1v) is 23.5. The van der Waals surface area contributed by atoms with Gasteiger partial charge in [-0.15, -0.1) is 0 Å². The molecule has 9 rings (SSSR count). The molecule has 0 saturated carbocycles. The minimum Gasteiger partial charge on any atom is -0.545 e. The van der Waals surface area contributed by atoms with E-state index < -0.39 is 23.8 Å². The summed E-state index contributed by atoms with van der Waals surface area (Å²) in [6, 6.07) is 97.0. The predicted molar refractivity (Wildman–Crippen MR) is 262 cm³/mol. The normalized spacial score (nSPS) is 10.1. The van der Waals surface area contributed by atoms with Crippen LogP contribution in [0.15, 0.2) is 273 Å². The summed E-state index contributed by atoms with van der Waals surface area (Å²) < 4.78 is 0. The Kier molecular flexibility index (Phi) is 19.7. The molecule has 0 heterocycles. The van der Waals surface area contributed by atoms with Crippen LogP contribution in [0.3, 0.4) is 0 Å². The molecule has 0 aliphatic rings. The summed E-state index contributed by atoms with van der Waals surface area (Å²) in [7, 11) is -1.34. The molecule has 0 saturated heterocycles. The number of rotatable bonds is 9. The molecule has 0 spiro atoms. The molecule has 9 aromatic carbocycles. The molecule has 0 aromatic heterocycles. The summed E-state index contributed by atoms with van der Waals surface area (Å²) in [4.78, 5) is 7.75. The van der Waals surface area contributed by atoms with E-state index in [1.54, 1.807) is 0 Å². The van der Waals surface area contributed by atoms with Crippen LogP contribution in [-0.2, 0) is 24.3 Å². The van der Waals surface area contributed by atoms with E-state index in [1.165, 1.54) is 47.7 Å². The van der Waals surface area contributed by atoms with E-state index in [0.29, 0.717) is 0 Å². The zero-order valence-corrected chi connectivity index (χ0v) is 37.5. The Bertz CT molecular complexity index is 1890. The maximum Gasteiger partial charge on any atom is 0 e. The van der Waals surface area contributed by atoms with Crippen LogP contribution in [0.1, 0.15) is 0 Å². The maximum atomic E-state index is 7.75. The molecule has 60 heavy (non-hydrogen) atoms. The molecule has 0 amide bonds. The van der Waals surface area contributed by atoms with E-state index in [2.05, 4.69) is 280 Å². The fourth-order valence-electron chi connectivity index (χ4n) is 6.54. The predicted octanol–water partition coefficient (Wildman–Crippen LogP) is 10.1. The van der Waals surface area contributed by atoms with Crippen molar-refractivity contribution in [2.75, 3.05) is 0 Å². The Balaban J connectivity index is 0.000000166. The molecule has 1 nitrogen and oxygen atoms in total. The minimum atomic E-state index is -0.446. The third kappa shape index (κ3) is 13.3. The Morgan fingerprint density at radius 1 is 0.183 bits per heavy atom. The van der Waals surface area contributed by atoms with Crippen molar-refractivity contribution in [3.05, 3.63) is 273 Å². The van der Waals surface area contributed by atoms with Crippen molar-refractivity contribution in [1.29, 1.82) is 0 Å². The van der Waals surface area contributed by atoms with E-state index in [-0.39, 0.29) is 19.5 Å². The van der Waals surface area contributed by atoms with E-state index in [1.807, 2.05) is 0 Å². The second-order valence-corrected chi connectivity index (χ2v) is 19.7. The Morgan fingerprint density at radius 3 is 0.350 bits per heavy atom. The van der Waals surface area contributed by atoms with Crippen LogP contribution >= 0.6 is 23.8 Å². The third-order valence-electron chi connectivity index (χ3n) is 9.13. The zero-order chi connectivity index (χ0) is 40.7. The number of hydrogen-bond acceptors (Lipinski definition) is 1. The first-order chi connectivity index (χ1) is 29.3. The fourth-order valence-corrected chi connectivity index (χ4v) is 13.5. The van der Waals surface area contributed by atoms with Gasteiger partial charge in [-0.1, -0.05) is 273 Å². The monoisotopic (exact) mass is 918 g/mol. The van der Waals surface area contributed by atoms with Gasteiger partial charge in [-0.25, -0.2) is 0 Å². The van der Waals surface area contributed by atoms with Gasteiger partial charge in [0.15, 0.2) is 0 Å². The smallest absolute Gasteiger partial charge is 0 e. The van der Waals surface area contributed by atoms with E-state index in [9.17, 15) is 0 Å². The van der Waals surface area contributed by atoms with E-state index in [0.717, 1.165) is 0 Å². The average Bonchev–Trinajstić information content (AvgIpc) is 3.34. The van der Waals surface area contributed by atoms with Crippen LogP contribution in [0.4, 0.5) is 0 Å². The standard InChI is InChI=1S/3C18H15P.CHO.Rh/c3*1-4-10-16(11-5-1)19(17-12-6-2-7-13-17)18-14-8-3-9-15-18;1-2;/h3*1-15H;1H;/q;;;-1;. The van der Waals surface area contributed by atoms with Gasteiger partial charge in [-0.2, -0.15) is 0 Å². The van der Waals surface area contributed by atoms with Gasteiger partial charge in [0, 0.05) is 19.5 Å². The molecule has 0 aliphatic heterocycles. The van der Waals surface area contributed by atoms with Gasteiger partial charge in [0.2, 0.25) is 0 Å². The molecule has 9 aromatic rings. The van der Waals surface area contributed by atoms with Gasteiger partial charge in [0.1, 0.15) is 0 Å². The van der Waals surface area contributed by atoms with Crippen LogP contribution in [0, 0.1) is 0 Å². The fraction of sp³-hybridized carbons (Fsp3) is 0. The molecule has 0 bridgehead atoms. The van der Waals surface area contributed by atoms with Gasteiger partial charge < -0.3 is 4.79 Å². The summed E-state index contributed by atoms with van der Waals surface area (Å²) in [6.45, 7) is 3.25. The Labute approximate surface area is 373 Å². The van der Waals surface area contributed by atoms with E-state index >= 15 is 0 Å². The topological polar surface area (TPSA) is 17.1 Å². The van der Waals surface area contributed by atoms with Gasteiger partial charge in [0.25, 0.3) is 0 Å². The van der Waals surface area contributed by atoms with Gasteiger partial charge in [-0.05, 0) is 71.5 Å². The number of benzene rings is 9. The van der Waals surface area contributed by atoms with Crippen molar-refractivity contribution in [1.82, 2.24) is 0 Å². The van der Waals surface area contributed by atoms with Gasteiger partial charge >= 0.3 is 0 Å². The number of hydrogen-bond donors (Lipinski definition) is 0. The molecule has 0 aliphatic carbocycles. The first kappa shape index (κ1) is 45.6. The van der Waals surface area contributed by atoms with Crippen LogP contribution in [0.25, 0.3) is 0 Å². The minimum absolute atomic E-state index is 0. The van der Waals surface area contributed by atoms with Crippen molar-refractivity contribution in [3.63, 3.8) is 0 Å². The van der Waals surface area contributed by atoms with Crippen molar-refractivity contribution in [2.45, 2.75) is 0 Å². The molecular weight excluding hydrogens is 872 g/mol. The van der Waals surface area contributed by atoms with Gasteiger partial charge in [0.05, 0.1) is 0 Å². The zero-order valence-electron chi connectivity index (χ0n) is 33.1. The third-order valence-corrected chi connectivity index (χ3v) is 16.5. The van der Waals surface area contributed by atoms with Crippen LogP contribution in [-0.4, -0.2) is 6.79 Å². The van der Waals surface area contributed by atoms with Crippen molar-refractivity contribution in [3.8, 4) is 0 Å². The van der Waals surface area contributed by atoms with Crippen LogP contribution < -0.4 is 47.7 Å². The molecular formula is C55H46OP3Rh-. The maximum absolute atomic E-state index is 7.75. The average molecular weight is 919 g/mol. The molecule has 1 radical (unpaired) electrons. The summed E-state index contributed by atoms with van der Waals surface area (Å²) in [5.41, 5.74) is 0. The molecule has 0 N–H and O–H groups in total. The summed E-state index contributed by atoms with van der Waals surface area (Å²) in [6.07, 6.45) is 0. The number of carbonyl (C=O) groups excluding carboxylic acids is 1.